The van der Waals surface area contributed by atoms with Crippen LogP contribution in [0.4, 0.5) is 0 Å². The zero-order chi connectivity index (χ0) is 8.55. The smallest absolute Gasteiger partial charge is 0.101 e. The first kappa shape index (κ1) is 6.86. The molecule has 0 aliphatic heterocycles. The molecule has 12 heavy (non-hydrogen) atoms. The van der Waals surface area contributed by atoms with E-state index in [4.69, 9.17) is 5.26 Å². The fourth-order valence-electron chi connectivity index (χ4n) is 1.32. The maximum atomic E-state index is 8.76. The van der Waals surface area contributed by atoms with E-state index in [2.05, 4.69) is 11.1 Å². The van der Waals surface area contributed by atoms with Gasteiger partial charge in [-0.15, -0.1) is 0 Å². The highest BCUT2D eigenvalue weighted by molar-refractivity contribution is 5.85. The molecule has 3 nitrogen and oxygen atoms in total. The summed E-state index contributed by atoms with van der Waals surface area (Å²) in [6.07, 6.45) is 5.25. The number of aryl methyl sites for hydroxylation is 1. The molecule has 0 unspecified atom stereocenters. The molecule has 0 spiro atoms. The molecule has 2 rings (SSSR count). The average Bonchev–Trinajstić information content (AvgIpc) is 2.44. The van der Waals surface area contributed by atoms with Crippen molar-refractivity contribution < 1.29 is 0 Å². The van der Waals surface area contributed by atoms with Crippen molar-refractivity contribution in [1.82, 2.24) is 9.55 Å². The van der Waals surface area contributed by atoms with Crippen LogP contribution in [0.1, 0.15) is 5.56 Å². The Bertz CT molecular complexity index is 462. The van der Waals surface area contributed by atoms with Gasteiger partial charge in [-0.2, -0.15) is 5.26 Å². The zero-order valence-corrected chi connectivity index (χ0v) is 6.65. The van der Waals surface area contributed by atoms with Crippen molar-refractivity contribution in [2.45, 2.75) is 0 Å². The number of nitrogens with zero attached hydrogens (tertiary/aromatic N) is 3. The summed E-state index contributed by atoms with van der Waals surface area (Å²) in [6, 6.07) is 4.03. The van der Waals surface area contributed by atoms with Gasteiger partial charge in [-0.1, -0.05) is 0 Å². The molecule has 0 aromatic carbocycles. The Hall–Kier alpha value is -1.82. The third-order valence-corrected chi connectivity index (χ3v) is 1.91. The van der Waals surface area contributed by atoms with E-state index < -0.39 is 0 Å². The van der Waals surface area contributed by atoms with Gasteiger partial charge in [0, 0.05) is 31.0 Å². The highest BCUT2D eigenvalue weighted by atomic mass is 14.9. The normalized spacial score (nSPS) is 10.0. The van der Waals surface area contributed by atoms with E-state index in [1.165, 1.54) is 0 Å². The number of nitriles is 1. The molecule has 0 amide bonds. The summed E-state index contributed by atoms with van der Waals surface area (Å²) < 4.78 is 1.93. The summed E-state index contributed by atoms with van der Waals surface area (Å²) >= 11 is 0. The Morgan fingerprint density at radius 2 is 2.42 bits per heavy atom. The van der Waals surface area contributed by atoms with Gasteiger partial charge in [0.2, 0.25) is 0 Å². The molecule has 58 valence electrons. The van der Waals surface area contributed by atoms with Gasteiger partial charge in [-0.05, 0) is 6.07 Å². The minimum Gasteiger partial charge on any atom is -0.349 e. The fourth-order valence-corrected chi connectivity index (χ4v) is 1.32. The van der Waals surface area contributed by atoms with Crippen LogP contribution in [0.25, 0.3) is 10.9 Å². The van der Waals surface area contributed by atoms with Crippen molar-refractivity contribution in [2.24, 2.45) is 7.05 Å². The summed E-state index contributed by atoms with van der Waals surface area (Å²) in [5, 5.41) is 9.68. The van der Waals surface area contributed by atoms with Gasteiger partial charge in [0.15, 0.2) is 0 Å². The Kier molecular flexibility index (Phi) is 1.34. The Morgan fingerprint density at radius 1 is 1.58 bits per heavy atom. The van der Waals surface area contributed by atoms with Crippen LogP contribution in [0.5, 0.6) is 0 Å². The first-order valence-corrected chi connectivity index (χ1v) is 3.62. The summed E-state index contributed by atoms with van der Waals surface area (Å²) in [4.78, 5) is 3.97. The van der Waals surface area contributed by atoms with Gasteiger partial charge in [0.25, 0.3) is 0 Å². The largest absolute Gasteiger partial charge is 0.349 e. The monoisotopic (exact) mass is 157 g/mol. The lowest BCUT2D eigenvalue weighted by Crippen LogP contribution is -1.82. The van der Waals surface area contributed by atoms with E-state index in [1.54, 1.807) is 12.4 Å². The molecule has 0 N–H and O–H groups in total. The number of pyridine rings is 1. The van der Waals surface area contributed by atoms with Crippen LogP contribution in [0.15, 0.2) is 24.7 Å². The van der Waals surface area contributed by atoms with Crippen LogP contribution in [0.2, 0.25) is 0 Å². The van der Waals surface area contributed by atoms with E-state index in [0.717, 1.165) is 10.9 Å². The quantitative estimate of drug-likeness (QED) is 0.580. The van der Waals surface area contributed by atoms with Crippen LogP contribution < -0.4 is 0 Å². The molecule has 0 radical (unpaired) electrons. The molecule has 0 aliphatic rings. The molecule has 0 aliphatic carbocycles. The molecule has 0 bridgehead atoms. The Balaban J connectivity index is 2.94. The van der Waals surface area contributed by atoms with Gasteiger partial charge in [0.1, 0.15) is 6.07 Å². The third-order valence-electron chi connectivity index (χ3n) is 1.91. The minimum absolute atomic E-state index is 0.681. The average molecular weight is 157 g/mol. The van der Waals surface area contributed by atoms with Crippen molar-refractivity contribution in [3.8, 4) is 6.07 Å². The lowest BCUT2D eigenvalue weighted by Gasteiger charge is -1.91. The summed E-state index contributed by atoms with van der Waals surface area (Å²) in [5.41, 5.74) is 1.72. The predicted molar refractivity (Wildman–Crippen MR) is 45.4 cm³/mol. The second-order valence-corrected chi connectivity index (χ2v) is 2.66. The van der Waals surface area contributed by atoms with Crippen LogP contribution in [-0.2, 0) is 7.05 Å². The first-order chi connectivity index (χ1) is 5.83. The van der Waals surface area contributed by atoms with Crippen LogP contribution in [0.3, 0.4) is 0 Å². The second-order valence-electron chi connectivity index (χ2n) is 2.66. The number of aromatic nitrogens is 2. The van der Waals surface area contributed by atoms with E-state index in [-0.39, 0.29) is 0 Å². The minimum atomic E-state index is 0.681. The molecular formula is C9H7N3. The van der Waals surface area contributed by atoms with Crippen LogP contribution >= 0.6 is 0 Å². The van der Waals surface area contributed by atoms with Crippen molar-refractivity contribution >= 4 is 10.9 Å². The van der Waals surface area contributed by atoms with Gasteiger partial charge >= 0.3 is 0 Å². The molecule has 2 heterocycles. The number of hydrogen-bond acceptors (Lipinski definition) is 2. The van der Waals surface area contributed by atoms with Crippen molar-refractivity contribution in [2.75, 3.05) is 0 Å². The summed E-state index contributed by atoms with van der Waals surface area (Å²) in [7, 11) is 1.92. The van der Waals surface area contributed by atoms with Crippen LogP contribution in [0, 0.1) is 11.3 Å². The van der Waals surface area contributed by atoms with E-state index in [1.807, 2.05) is 23.9 Å². The van der Waals surface area contributed by atoms with Crippen molar-refractivity contribution in [3.05, 3.63) is 30.2 Å². The lowest BCUT2D eigenvalue weighted by molar-refractivity contribution is 0.966. The summed E-state index contributed by atoms with van der Waals surface area (Å²) in [6.45, 7) is 0. The number of hydrogen-bond donors (Lipinski definition) is 0. The highest BCUT2D eigenvalue weighted by Crippen LogP contribution is 2.17. The third kappa shape index (κ3) is 0.785. The van der Waals surface area contributed by atoms with E-state index in [0.29, 0.717) is 5.56 Å². The Labute approximate surface area is 69.9 Å². The molecule has 2 aromatic heterocycles. The van der Waals surface area contributed by atoms with Gasteiger partial charge in [-0.3, -0.25) is 4.98 Å². The first-order valence-electron chi connectivity index (χ1n) is 3.62. The molecule has 0 saturated carbocycles. The SMILES string of the molecule is Cn1cc(C#N)c2cnccc21. The molecule has 3 heteroatoms. The number of rotatable bonds is 0. The molecule has 0 saturated heterocycles. The maximum Gasteiger partial charge on any atom is 0.101 e. The van der Waals surface area contributed by atoms with Gasteiger partial charge < -0.3 is 4.57 Å². The standard InChI is InChI=1S/C9H7N3/c1-12-6-7(4-10)8-5-11-3-2-9(8)12/h2-3,5-6H,1H3. The molecular weight excluding hydrogens is 150 g/mol. The molecule has 0 atom stereocenters. The zero-order valence-electron chi connectivity index (χ0n) is 6.65. The highest BCUT2D eigenvalue weighted by Gasteiger charge is 2.03. The second kappa shape index (κ2) is 2.35. The topological polar surface area (TPSA) is 41.6 Å². The fraction of sp³-hybridized carbons (Fsp3) is 0.111. The van der Waals surface area contributed by atoms with E-state index in [9.17, 15) is 0 Å². The molecule has 0 fully saturated rings. The lowest BCUT2D eigenvalue weighted by atomic mass is 10.2. The Morgan fingerprint density at radius 3 is 3.17 bits per heavy atom. The van der Waals surface area contributed by atoms with Crippen molar-refractivity contribution in [1.29, 1.82) is 5.26 Å². The predicted octanol–water partition coefficient (Wildman–Crippen LogP) is 1.44. The molecule has 2 aromatic rings. The summed E-state index contributed by atoms with van der Waals surface area (Å²) in [5.74, 6) is 0. The van der Waals surface area contributed by atoms with Crippen molar-refractivity contribution in [3.63, 3.8) is 0 Å². The maximum absolute atomic E-state index is 8.76. The van der Waals surface area contributed by atoms with Gasteiger partial charge in [0.05, 0.1) is 11.1 Å². The van der Waals surface area contributed by atoms with Crippen LogP contribution in [-0.4, -0.2) is 9.55 Å². The van der Waals surface area contributed by atoms with Gasteiger partial charge in [-0.25, -0.2) is 0 Å². The van der Waals surface area contributed by atoms with E-state index >= 15 is 0 Å². The number of fused-ring (bicyclic) bond motifs is 1.